The van der Waals surface area contributed by atoms with E-state index < -0.39 is 10.0 Å². The maximum Gasteiger partial charge on any atom is 0.257 e. The zero-order valence-electron chi connectivity index (χ0n) is 9.24. The minimum Gasteiger partial charge on any atom is -0.482 e. The van der Waals surface area contributed by atoms with Crippen molar-refractivity contribution < 1.29 is 17.9 Å². The predicted octanol–water partition coefficient (Wildman–Crippen LogP) is 0.766. The molecular formula is C9H10Cl2N2O4S. The van der Waals surface area contributed by atoms with Crippen molar-refractivity contribution in [1.29, 1.82) is 0 Å². The van der Waals surface area contributed by atoms with Crippen LogP contribution >= 0.6 is 23.2 Å². The standard InChI is InChI=1S/C9H10Cl2N2O4S/c1-13-9(14)4-17-7-2-6(11)8(3-5(7)10)18(12,15)16/h2-3H,4H2,1H3,(H,13,14)(H2,12,15,16). The number of likely N-dealkylation sites (N-methyl/N-ethyl adjacent to an activating group) is 1. The van der Waals surface area contributed by atoms with Crippen LogP contribution in [0.4, 0.5) is 0 Å². The number of hydrogen-bond donors (Lipinski definition) is 2. The summed E-state index contributed by atoms with van der Waals surface area (Å²) in [7, 11) is -2.51. The Labute approximate surface area is 114 Å². The molecule has 0 fully saturated rings. The first-order valence-corrected chi connectivity index (χ1v) is 6.91. The lowest BCUT2D eigenvalue weighted by Crippen LogP contribution is -2.25. The number of sulfonamides is 1. The fourth-order valence-electron chi connectivity index (χ4n) is 1.05. The molecule has 3 N–H and O–H groups in total. The smallest absolute Gasteiger partial charge is 0.257 e. The molecule has 0 saturated heterocycles. The highest BCUT2D eigenvalue weighted by Gasteiger charge is 2.17. The van der Waals surface area contributed by atoms with Crippen LogP contribution in [0.2, 0.25) is 10.0 Å². The monoisotopic (exact) mass is 312 g/mol. The second kappa shape index (κ2) is 5.75. The van der Waals surface area contributed by atoms with Crippen LogP contribution in [0.3, 0.4) is 0 Å². The summed E-state index contributed by atoms with van der Waals surface area (Å²) in [5.41, 5.74) is 0. The van der Waals surface area contributed by atoms with Crippen LogP contribution in [0.1, 0.15) is 0 Å². The number of nitrogens with one attached hydrogen (secondary N) is 1. The van der Waals surface area contributed by atoms with Crippen LogP contribution < -0.4 is 15.2 Å². The molecule has 1 amide bonds. The molecule has 0 radical (unpaired) electrons. The largest absolute Gasteiger partial charge is 0.482 e. The summed E-state index contributed by atoms with van der Waals surface area (Å²) >= 11 is 11.5. The number of carbonyl (C=O) groups excluding carboxylic acids is 1. The van der Waals surface area contributed by atoms with Gasteiger partial charge in [0.15, 0.2) is 6.61 Å². The minimum atomic E-state index is -3.96. The average molecular weight is 313 g/mol. The van der Waals surface area contributed by atoms with E-state index in [2.05, 4.69) is 5.32 Å². The summed E-state index contributed by atoms with van der Waals surface area (Å²) in [4.78, 5) is 10.7. The van der Waals surface area contributed by atoms with Crippen molar-refractivity contribution in [3.8, 4) is 5.75 Å². The second-order valence-corrected chi connectivity index (χ2v) is 5.56. The molecule has 0 aliphatic rings. The first-order valence-electron chi connectivity index (χ1n) is 4.61. The van der Waals surface area contributed by atoms with Gasteiger partial charge in [-0.25, -0.2) is 13.6 Å². The van der Waals surface area contributed by atoms with E-state index in [-0.39, 0.29) is 33.2 Å². The molecule has 1 rings (SSSR count). The van der Waals surface area contributed by atoms with Crippen molar-refractivity contribution in [1.82, 2.24) is 5.32 Å². The molecule has 1 aromatic rings. The molecule has 0 aliphatic heterocycles. The van der Waals surface area contributed by atoms with Crippen LogP contribution in [0.25, 0.3) is 0 Å². The van der Waals surface area contributed by atoms with Crippen LogP contribution in [-0.2, 0) is 14.8 Å². The molecule has 0 saturated carbocycles. The molecule has 0 aliphatic carbocycles. The fraction of sp³-hybridized carbons (Fsp3) is 0.222. The number of carbonyl (C=O) groups is 1. The molecule has 0 aromatic heterocycles. The SMILES string of the molecule is CNC(=O)COc1cc(Cl)c(S(N)(=O)=O)cc1Cl. The van der Waals surface area contributed by atoms with Gasteiger partial charge in [0.05, 0.1) is 10.0 Å². The van der Waals surface area contributed by atoms with Gasteiger partial charge >= 0.3 is 0 Å². The van der Waals surface area contributed by atoms with Crippen molar-refractivity contribution in [2.75, 3.05) is 13.7 Å². The summed E-state index contributed by atoms with van der Waals surface area (Å²) in [5, 5.41) is 7.16. The fourth-order valence-corrected chi connectivity index (χ4v) is 2.43. The van der Waals surface area contributed by atoms with Crippen LogP contribution in [-0.4, -0.2) is 28.0 Å². The van der Waals surface area contributed by atoms with Gasteiger partial charge in [0.1, 0.15) is 10.6 Å². The molecule has 0 atom stereocenters. The normalized spacial score (nSPS) is 11.1. The van der Waals surface area contributed by atoms with E-state index >= 15 is 0 Å². The third-order valence-electron chi connectivity index (χ3n) is 1.93. The molecular weight excluding hydrogens is 303 g/mol. The Morgan fingerprint density at radius 1 is 1.39 bits per heavy atom. The lowest BCUT2D eigenvalue weighted by Gasteiger charge is -2.09. The number of benzene rings is 1. The number of primary sulfonamides is 1. The predicted molar refractivity (Wildman–Crippen MR) is 67.4 cm³/mol. The Morgan fingerprint density at radius 3 is 2.50 bits per heavy atom. The van der Waals surface area contributed by atoms with Gasteiger partial charge in [-0.1, -0.05) is 23.2 Å². The highest BCUT2D eigenvalue weighted by Crippen LogP contribution is 2.32. The minimum absolute atomic E-state index is 0.00710. The van der Waals surface area contributed by atoms with Gasteiger partial charge in [0.2, 0.25) is 10.0 Å². The van der Waals surface area contributed by atoms with Crippen LogP contribution in [0, 0.1) is 0 Å². The van der Waals surface area contributed by atoms with Crippen molar-refractivity contribution in [2.45, 2.75) is 4.90 Å². The molecule has 0 spiro atoms. The summed E-state index contributed by atoms with van der Waals surface area (Å²) < 4.78 is 27.4. The Balaban J connectivity index is 3.05. The molecule has 0 unspecified atom stereocenters. The third-order valence-corrected chi connectivity index (χ3v) is 3.60. The van der Waals surface area contributed by atoms with Gasteiger partial charge in [0.25, 0.3) is 5.91 Å². The van der Waals surface area contributed by atoms with E-state index in [0.717, 1.165) is 6.07 Å². The number of hydrogen-bond acceptors (Lipinski definition) is 4. The maximum absolute atomic E-state index is 11.2. The molecule has 9 heteroatoms. The Morgan fingerprint density at radius 2 is 2.00 bits per heavy atom. The van der Waals surface area contributed by atoms with Gasteiger partial charge < -0.3 is 10.1 Å². The number of ether oxygens (including phenoxy) is 1. The van der Waals surface area contributed by atoms with E-state index in [4.69, 9.17) is 33.1 Å². The average Bonchev–Trinajstić information content (AvgIpc) is 2.27. The summed E-state index contributed by atoms with van der Waals surface area (Å²) in [6.07, 6.45) is 0. The van der Waals surface area contributed by atoms with Gasteiger partial charge in [-0.3, -0.25) is 4.79 Å². The van der Waals surface area contributed by atoms with E-state index in [1.54, 1.807) is 0 Å². The van der Waals surface area contributed by atoms with Crippen LogP contribution in [0.5, 0.6) is 5.75 Å². The third kappa shape index (κ3) is 3.74. The van der Waals surface area contributed by atoms with E-state index in [1.165, 1.54) is 13.1 Å². The zero-order chi connectivity index (χ0) is 13.9. The van der Waals surface area contributed by atoms with Crippen molar-refractivity contribution in [3.63, 3.8) is 0 Å². The molecule has 6 nitrogen and oxygen atoms in total. The first kappa shape index (κ1) is 15.0. The van der Waals surface area contributed by atoms with Gasteiger partial charge in [-0.15, -0.1) is 0 Å². The quantitative estimate of drug-likeness (QED) is 0.857. The molecule has 1 aromatic carbocycles. The topological polar surface area (TPSA) is 98.5 Å². The van der Waals surface area contributed by atoms with Gasteiger partial charge in [0, 0.05) is 13.1 Å². The molecule has 100 valence electrons. The Kier molecular flexibility index (Phi) is 4.80. The van der Waals surface area contributed by atoms with E-state index in [0.29, 0.717) is 0 Å². The van der Waals surface area contributed by atoms with Crippen LogP contribution in [0.15, 0.2) is 17.0 Å². The lowest BCUT2D eigenvalue weighted by atomic mass is 10.3. The summed E-state index contributed by atoms with van der Waals surface area (Å²) in [6, 6.07) is 2.25. The lowest BCUT2D eigenvalue weighted by molar-refractivity contribution is -0.122. The molecule has 0 heterocycles. The number of rotatable bonds is 4. The summed E-state index contributed by atoms with van der Waals surface area (Å²) in [6.45, 7) is -0.263. The zero-order valence-corrected chi connectivity index (χ0v) is 11.6. The summed E-state index contributed by atoms with van der Waals surface area (Å²) in [5.74, 6) is -0.268. The number of nitrogens with two attached hydrogens (primary N) is 1. The van der Waals surface area contributed by atoms with E-state index in [1.807, 2.05) is 0 Å². The first-order chi connectivity index (χ1) is 8.25. The second-order valence-electron chi connectivity index (χ2n) is 3.22. The highest BCUT2D eigenvalue weighted by molar-refractivity contribution is 7.89. The van der Waals surface area contributed by atoms with Gasteiger partial charge in [-0.05, 0) is 6.07 Å². The molecule has 0 bridgehead atoms. The highest BCUT2D eigenvalue weighted by atomic mass is 35.5. The molecule has 18 heavy (non-hydrogen) atoms. The van der Waals surface area contributed by atoms with Gasteiger partial charge in [-0.2, -0.15) is 0 Å². The Bertz CT molecular complexity index is 574. The van der Waals surface area contributed by atoms with Crippen molar-refractivity contribution >= 4 is 39.1 Å². The van der Waals surface area contributed by atoms with E-state index in [9.17, 15) is 13.2 Å². The van der Waals surface area contributed by atoms with Crippen molar-refractivity contribution in [3.05, 3.63) is 22.2 Å². The Hall–Kier alpha value is -1.02. The van der Waals surface area contributed by atoms with Crippen molar-refractivity contribution in [2.24, 2.45) is 5.14 Å². The maximum atomic E-state index is 11.2. The number of halogens is 2. The number of amides is 1.